The summed E-state index contributed by atoms with van der Waals surface area (Å²) in [6.45, 7) is 5.58. The zero-order chi connectivity index (χ0) is 14.4. The number of hydrogen-bond acceptors (Lipinski definition) is 2. The van der Waals surface area contributed by atoms with Crippen molar-refractivity contribution in [2.45, 2.75) is 63.8 Å². The van der Waals surface area contributed by atoms with Gasteiger partial charge in [-0.05, 0) is 55.4 Å². The molecule has 20 heavy (non-hydrogen) atoms. The van der Waals surface area contributed by atoms with Crippen LogP contribution in [0.4, 0.5) is 0 Å². The molecule has 0 aromatic heterocycles. The molecule has 1 aliphatic rings. The number of thioether (sulfide) groups is 1. The highest BCUT2D eigenvalue weighted by Gasteiger charge is 2.19. The van der Waals surface area contributed by atoms with E-state index in [1.54, 1.807) is 0 Å². The zero-order valence-corrected chi connectivity index (χ0v) is 14.0. The van der Waals surface area contributed by atoms with Gasteiger partial charge in [0.1, 0.15) is 0 Å². The second-order valence-electron chi connectivity index (χ2n) is 6.50. The average molecular weight is 292 g/mol. The largest absolute Gasteiger partial charge is 0.310 e. The van der Waals surface area contributed by atoms with Crippen LogP contribution in [0.5, 0.6) is 0 Å². The van der Waals surface area contributed by atoms with E-state index in [4.69, 9.17) is 0 Å². The maximum absolute atomic E-state index is 3.73. The van der Waals surface area contributed by atoms with Gasteiger partial charge in [-0.2, -0.15) is 11.8 Å². The van der Waals surface area contributed by atoms with Crippen LogP contribution in [0.25, 0.3) is 0 Å². The lowest BCUT2D eigenvalue weighted by Crippen LogP contribution is -2.33. The van der Waals surface area contributed by atoms with Crippen molar-refractivity contribution >= 4 is 11.8 Å². The van der Waals surface area contributed by atoms with Crippen molar-refractivity contribution in [3.63, 3.8) is 0 Å². The molecule has 0 aliphatic heterocycles. The Hall–Kier alpha value is -0.470. The van der Waals surface area contributed by atoms with Gasteiger partial charge in [-0.1, -0.05) is 38.1 Å². The van der Waals surface area contributed by atoms with E-state index in [2.05, 4.69) is 49.7 Å². The first-order valence-electron chi connectivity index (χ1n) is 8.01. The van der Waals surface area contributed by atoms with E-state index in [1.165, 1.54) is 43.2 Å². The lowest BCUT2D eigenvalue weighted by atomic mass is 9.94. The van der Waals surface area contributed by atoms with Crippen molar-refractivity contribution in [2.24, 2.45) is 5.92 Å². The van der Waals surface area contributed by atoms with Crippen LogP contribution in [-0.4, -0.2) is 17.5 Å². The molecule has 1 N–H and O–H groups in total. The van der Waals surface area contributed by atoms with Crippen molar-refractivity contribution in [1.82, 2.24) is 5.32 Å². The summed E-state index contributed by atoms with van der Waals surface area (Å²) >= 11 is 2.04. The molecule has 0 heterocycles. The van der Waals surface area contributed by atoms with Crippen molar-refractivity contribution in [2.75, 3.05) is 6.26 Å². The Kier molecular flexibility index (Phi) is 6.44. The third-order valence-electron chi connectivity index (χ3n) is 4.27. The van der Waals surface area contributed by atoms with E-state index < -0.39 is 0 Å². The molecule has 1 fully saturated rings. The highest BCUT2D eigenvalue weighted by Crippen LogP contribution is 2.26. The SMILES string of the molecule is CSC1CCC(NCc2ccc(CC(C)C)cc2)CC1. The molecule has 0 saturated heterocycles. The Morgan fingerprint density at radius 1 is 1.05 bits per heavy atom. The highest BCUT2D eigenvalue weighted by atomic mass is 32.2. The maximum atomic E-state index is 3.73. The lowest BCUT2D eigenvalue weighted by molar-refractivity contribution is 0.379. The van der Waals surface area contributed by atoms with Gasteiger partial charge in [0.15, 0.2) is 0 Å². The molecule has 1 aromatic carbocycles. The quantitative estimate of drug-likeness (QED) is 0.819. The monoisotopic (exact) mass is 291 g/mol. The molecular formula is C18H29NS. The van der Waals surface area contributed by atoms with E-state index in [0.717, 1.165) is 23.8 Å². The van der Waals surface area contributed by atoms with Gasteiger partial charge in [0.2, 0.25) is 0 Å². The van der Waals surface area contributed by atoms with Crippen molar-refractivity contribution in [3.05, 3.63) is 35.4 Å². The zero-order valence-electron chi connectivity index (χ0n) is 13.2. The first-order chi connectivity index (χ1) is 9.67. The smallest absolute Gasteiger partial charge is 0.0208 e. The summed E-state index contributed by atoms with van der Waals surface area (Å²) in [4.78, 5) is 0. The third kappa shape index (κ3) is 5.14. The summed E-state index contributed by atoms with van der Waals surface area (Å²) in [5.74, 6) is 0.741. The van der Waals surface area contributed by atoms with E-state index in [1.807, 2.05) is 11.8 Å². The number of nitrogens with one attached hydrogen (secondary N) is 1. The minimum absolute atomic E-state index is 0.730. The lowest BCUT2D eigenvalue weighted by Gasteiger charge is -2.28. The van der Waals surface area contributed by atoms with Crippen LogP contribution in [0.1, 0.15) is 50.7 Å². The van der Waals surface area contributed by atoms with Crippen molar-refractivity contribution in [1.29, 1.82) is 0 Å². The molecular weight excluding hydrogens is 262 g/mol. The Balaban J connectivity index is 1.74. The van der Waals surface area contributed by atoms with Crippen molar-refractivity contribution in [3.8, 4) is 0 Å². The molecule has 1 aromatic rings. The Bertz CT molecular complexity index is 377. The number of hydrogen-bond donors (Lipinski definition) is 1. The molecule has 0 amide bonds. The van der Waals surface area contributed by atoms with Crippen LogP contribution >= 0.6 is 11.8 Å². The fraction of sp³-hybridized carbons (Fsp3) is 0.667. The standard InChI is InChI=1S/C18H29NS/c1-14(2)12-15-4-6-16(7-5-15)13-19-17-8-10-18(20-3)11-9-17/h4-7,14,17-19H,8-13H2,1-3H3. The number of benzene rings is 1. The summed E-state index contributed by atoms with van der Waals surface area (Å²) in [6, 6.07) is 9.90. The van der Waals surface area contributed by atoms with Crippen LogP contribution in [0, 0.1) is 5.92 Å². The van der Waals surface area contributed by atoms with Gasteiger partial charge < -0.3 is 5.32 Å². The molecule has 1 saturated carbocycles. The highest BCUT2D eigenvalue weighted by molar-refractivity contribution is 7.99. The van der Waals surface area contributed by atoms with Crippen LogP contribution in [-0.2, 0) is 13.0 Å². The molecule has 2 heteroatoms. The van der Waals surface area contributed by atoms with Gasteiger partial charge >= 0.3 is 0 Å². The summed E-state index contributed by atoms with van der Waals surface area (Å²) < 4.78 is 0. The second kappa shape index (κ2) is 8.09. The fourth-order valence-electron chi connectivity index (χ4n) is 3.03. The minimum atomic E-state index is 0.730. The van der Waals surface area contributed by atoms with Gasteiger partial charge in [-0.15, -0.1) is 0 Å². The van der Waals surface area contributed by atoms with E-state index in [-0.39, 0.29) is 0 Å². The third-order valence-corrected chi connectivity index (χ3v) is 5.41. The van der Waals surface area contributed by atoms with Gasteiger partial charge in [-0.3, -0.25) is 0 Å². The fourth-order valence-corrected chi connectivity index (χ4v) is 3.77. The van der Waals surface area contributed by atoms with E-state index in [9.17, 15) is 0 Å². The molecule has 0 radical (unpaired) electrons. The van der Waals surface area contributed by atoms with Gasteiger partial charge in [-0.25, -0.2) is 0 Å². The Labute approximate surface area is 128 Å². The summed E-state index contributed by atoms with van der Waals surface area (Å²) in [7, 11) is 0. The average Bonchev–Trinajstić information content (AvgIpc) is 2.46. The molecule has 0 bridgehead atoms. The normalized spacial score (nSPS) is 23.2. The summed E-state index contributed by atoms with van der Waals surface area (Å²) in [5.41, 5.74) is 2.88. The van der Waals surface area contributed by atoms with E-state index in [0.29, 0.717) is 0 Å². The molecule has 0 spiro atoms. The van der Waals surface area contributed by atoms with Crippen LogP contribution < -0.4 is 5.32 Å². The molecule has 0 atom stereocenters. The van der Waals surface area contributed by atoms with Gasteiger partial charge in [0.25, 0.3) is 0 Å². The Morgan fingerprint density at radius 2 is 1.65 bits per heavy atom. The molecule has 1 aliphatic carbocycles. The number of rotatable bonds is 6. The van der Waals surface area contributed by atoms with Gasteiger partial charge in [0.05, 0.1) is 0 Å². The minimum Gasteiger partial charge on any atom is -0.310 e. The first-order valence-corrected chi connectivity index (χ1v) is 9.30. The molecule has 2 rings (SSSR count). The first kappa shape index (κ1) is 15.9. The molecule has 112 valence electrons. The maximum Gasteiger partial charge on any atom is 0.0208 e. The van der Waals surface area contributed by atoms with Gasteiger partial charge in [0, 0.05) is 17.8 Å². The van der Waals surface area contributed by atoms with E-state index >= 15 is 0 Å². The predicted octanol–water partition coefficient (Wildman–Crippen LogP) is 4.65. The van der Waals surface area contributed by atoms with Crippen LogP contribution in [0.3, 0.4) is 0 Å². The predicted molar refractivity (Wildman–Crippen MR) is 91.4 cm³/mol. The topological polar surface area (TPSA) is 12.0 Å². The molecule has 1 nitrogen and oxygen atoms in total. The molecule has 0 unspecified atom stereocenters. The van der Waals surface area contributed by atoms with Crippen molar-refractivity contribution < 1.29 is 0 Å². The summed E-state index contributed by atoms with van der Waals surface area (Å²) in [5, 5.41) is 4.64. The van der Waals surface area contributed by atoms with Crippen LogP contribution in [0.2, 0.25) is 0 Å². The second-order valence-corrected chi connectivity index (χ2v) is 7.64. The summed E-state index contributed by atoms with van der Waals surface area (Å²) in [6.07, 6.45) is 8.88. The van der Waals surface area contributed by atoms with Crippen LogP contribution in [0.15, 0.2) is 24.3 Å². The Morgan fingerprint density at radius 3 is 2.20 bits per heavy atom.